The van der Waals surface area contributed by atoms with Crippen LogP contribution in [0.25, 0.3) is 0 Å². The topological polar surface area (TPSA) is 124 Å². The number of nitrogens with zero attached hydrogens (tertiary/aromatic N) is 1. The summed E-state index contributed by atoms with van der Waals surface area (Å²) in [7, 11) is -3.83. The average molecular weight is 531 g/mol. The molecule has 3 N–H and O–H groups in total. The van der Waals surface area contributed by atoms with E-state index in [9.17, 15) is 31.5 Å². The van der Waals surface area contributed by atoms with Crippen molar-refractivity contribution in [2.45, 2.75) is 51.6 Å². The summed E-state index contributed by atoms with van der Waals surface area (Å²) in [5.74, 6) is -3.19. The minimum atomic E-state index is -5.08. The number of aliphatic carboxylic acids is 1. The smallest absolute Gasteiger partial charge is 0.478 e. The van der Waals surface area contributed by atoms with Crippen molar-refractivity contribution in [3.05, 3.63) is 52.6 Å². The Balaban J connectivity index is 0.000000572. The minimum Gasteiger partial charge on any atom is -0.478 e. The molecule has 0 aromatic heterocycles. The fourth-order valence-electron chi connectivity index (χ4n) is 3.73. The molecular weight excluding hydrogens is 501 g/mol. The molecule has 0 bridgehead atoms. The largest absolute Gasteiger partial charge is 0.490 e. The molecule has 0 atom stereocenters. The van der Waals surface area contributed by atoms with Crippen LogP contribution in [0.15, 0.2) is 35.2 Å². The molecule has 36 heavy (non-hydrogen) atoms. The molecule has 198 valence electrons. The van der Waals surface area contributed by atoms with Crippen molar-refractivity contribution < 1.29 is 41.4 Å². The highest BCUT2D eigenvalue weighted by atomic mass is 32.2. The molecule has 1 aliphatic rings. The van der Waals surface area contributed by atoms with Crippen molar-refractivity contribution in [1.29, 1.82) is 0 Å². The maximum atomic E-state index is 12.9. The van der Waals surface area contributed by atoms with Crippen LogP contribution in [0.3, 0.4) is 0 Å². The first-order valence-electron chi connectivity index (χ1n) is 11.1. The summed E-state index contributed by atoms with van der Waals surface area (Å²) in [5.41, 5.74) is 3.55. The Morgan fingerprint density at radius 3 is 2.00 bits per heavy atom. The molecule has 8 nitrogen and oxygen atoms in total. The molecule has 0 amide bonds. The Morgan fingerprint density at radius 1 is 0.972 bits per heavy atom. The zero-order chi connectivity index (χ0) is 27.4. The Morgan fingerprint density at radius 2 is 1.50 bits per heavy atom. The Labute approximate surface area is 207 Å². The van der Waals surface area contributed by atoms with E-state index < -0.39 is 28.1 Å². The SMILES string of the molecule is Cc1cc(C)c(S(=O)(=O)Nc2ccc(N3CCC(C)CC3)c(C(=O)O)c2)cc1C.O=C(O)C(F)(F)F. The molecule has 1 fully saturated rings. The highest BCUT2D eigenvalue weighted by molar-refractivity contribution is 7.92. The molecule has 1 saturated heterocycles. The van der Waals surface area contributed by atoms with Crippen LogP contribution in [-0.4, -0.2) is 49.8 Å². The monoisotopic (exact) mass is 530 g/mol. The third-order valence-electron chi connectivity index (χ3n) is 5.93. The lowest BCUT2D eigenvalue weighted by molar-refractivity contribution is -0.192. The fourth-order valence-corrected chi connectivity index (χ4v) is 5.09. The lowest BCUT2D eigenvalue weighted by Crippen LogP contribution is -2.33. The third-order valence-corrected chi connectivity index (χ3v) is 7.45. The first kappa shape index (κ1) is 29.0. The predicted molar refractivity (Wildman–Crippen MR) is 129 cm³/mol. The fraction of sp³-hybridized carbons (Fsp3) is 0.417. The van der Waals surface area contributed by atoms with Crippen molar-refractivity contribution in [2.24, 2.45) is 5.92 Å². The van der Waals surface area contributed by atoms with Gasteiger partial charge in [0.25, 0.3) is 10.0 Å². The molecule has 12 heteroatoms. The van der Waals surface area contributed by atoms with Gasteiger partial charge in [0.1, 0.15) is 0 Å². The number of carboxylic acids is 2. The van der Waals surface area contributed by atoms with E-state index in [4.69, 9.17) is 9.90 Å². The zero-order valence-electron chi connectivity index (χ0n) is 20.3. The maximum absolute atomic E-state index is 12.9. The number of carbonyl (C=O) groups is 2. The van der Waals surface area contributed by atoms with Gasteiger partial charge in [-0.15, -0.1) is 0 Å². The van der Waals surface area contributed by atoms with Gasteiger partial charge in [0.05, 0.1) is 16.1 Å². The second-order valence-corrected chi connectivity index (χ2v) is 10.5. The number of hydrogen-bond donors (Lipinski definition) is 3. The van der Waals surface area contributed by atoms with Gasteiger partial charge in [0.2, 0.25) is 0 Å². The van der Waals surface area contributed by atoms with Crippen LogP contribution in [0.4, 0.5) is 24.5 Å². The molecule has 3 rings (SSSR count). The van der Waals surface area contributed by atoms with Crippen molar-refractivity contribution >= 4 is 33.3 Å². The lowest BCUT2D eigenvalue weighted by atomic mass is 9.98. The van der Waals surface area contributed by atoms with E-state index in [-0.39, 0.29) is 16.1 Å². The first-order valence-corrected chi connectivity index (χ1v) is 12.5. The molecule has 1 aliphatic heterocycles. The van der Waals surface area contributed by atoms with Crippen LogP contribution in [0.5, 0.6) is 0 Å². The van der Waals surface area contributed by atoms with Crippen molar-refractivity contribution in [1.82, 2.24) is 0 Å². The van der Waals surface area contributed by atoms with E-state index in [2.05, 4.69) is 16.5 Å². The van der Waals surface area contributed by atoms with Crippen molar-refractivity contribution in [3.63, 3.8) is 0 Å². The van der Waals surface area contributed by atoms with Crippen LogP contribution in [-0.2, 0) is 14.8 Å². The molecule has 2 aromatic rings. The third kappa shape index (κ3) is 7.36. The van der Waals surface area contributed by atoms with Crippen LogP contribution in [0, 0.1) is 26.7 Å². The summed E-state index contributed by atoms with van der Waals surface area (Å²) in [4.78, 5) is 23.0. The molecule has 0 aliphatic carbocycles. The average Bonchev–Trinajstić information content (AvgIpc) is 2.76. The van der Waals surface area contributed by atoms with Crippen LogP contribution >= 0.6 is 0 Å². The number of aryl methyl sites for hydroxylation is 3. The Hall–Kier alpha value is -3.28. The van der Waals surface area contributed by atoms with Gasteiger partial charge in [0.15, 0.2) is 0 Å². The molecule has 0 saturated carbocycles. The van der Waals surface area contributed by atoms with Gasteiger partial charge in [-0.3, -0.25) is 4.72 Å². The normalized spacial score (nSPS) is 14.6. The van der Waals surface area contributed by atoms with Gasteiger partial charge < -0.3 is 15.1 Å². The Kier molecular flexibility index (Phi) is 9.00. The number of benzene rings is 2. The number of nitrogens with one attached hydrogen (secondary N) is 1. The first-order chi connectivity index (χ1) is 16.5. The van der Waals surface area contributed by atoms with Crippen LogP contribution in [0.2, 0.25) is 0 Å². The van der Waals surface area contributed by atoms with Crippen molar-refractivity contribution in [3.8, 4) is 0 Å². The summed E-state index contributed by atoms with van der Waals surface area (Å²) in [6.07, 6.45) is -3.06. The molecule has 0 radical (unpaired) electrons. The number of piperidine rings is 1. The lowest BCUT2D eigenvalue weighted by Gasteiger charge is -2.33. The molecule has 0 unspecified atom stereocenters. The van der Waals surface area contributed by atoms with Gasteiger partial charge in [-0.05, 0) is 80.5 Å². The molecule has 2 aromatic carbocycles. The standard InChI is InChI=1S/C22H28N2O4S.C2HF3O2/c1-14-7-9-24(10-8-14)20-6-5-18(13-19(20)22(25)26)23-29(27,28)21-12-16(3)15(2)11-17(21)4;3-2(4,5)1(6)7/h5-6,11-14,23H,7-10H2,1-4H3,(H,25,26);(H,6,7). The number of carboxylic acid groups (broad SMARTS) is 2. The highest BCUT2D eigenvalue weighted by Crippen LogP contribution is 2.30. The molecular formula is C24H29F3N2O6S. The second-order valence-electron chi connectivity index (χ2n) is 8.82. The minimum absolute atomic E-state index is 0.108. The number of aromatic carboxylic acids is 1. The van der Waals surface area contributed by atoms with Crippen LogP contribution in [0.1, 0.15) is 46.8 Å². The number of anilines is 2. The summed E-state index contributed by atoms with van der Waals surface area (Å²) < 4.78 is 60.1. The summed E-state index contributed by atoms with van der Waals surface area (Å²) in [5, 5.41) is 16.8. The highest BCUT2D eigenvalue weighted by Gasteiger charge is 2.38. The van der Waals surface area contributed by atoms with Gasteiger partial charge in [-0.2, -0.15) is 13.2 Å². The number of sulfonamides is 1. The Bertz CT molecular complexity index is 1240. The van der Waals surface area contributed by atoms with E-state index in [0.717, 1.165) is 37.1 Å². The summed E-state index contributed by atoms with van der Waals surface area (Å²) in [6.45, 7) is 9.35. The molecule has 1 heterocycles. The number of rotatable bonds is 5. The van der Waals surface area contributed by atoms with E-state index >= 15 is 0 Å². The van der Waals surface area contributed by atoms with Crippen LogP contribution < -0.4 is 9.62 Å². The maximum Gasteiger partial charge on any atom is 0.490 e. The van der Waals surface area contributed by atoms with E-state index in [1.54, 1.807) is 25.1 Å². The number of alkyl halides is 3. The quantitative estimate of drug-likeness (QED) is 0.498. The number of halogens is 3. The zero-order valence-corrected chi connectivity index (χ0v) is 21.1. The number of hydrogen-bond acceptors (Lipinski definition) is 5. The van der Waals surface area contributed by atoms with Gasteiger partial charge in [0, 0.05) is 18.8 Å². The second kappa shape index (κ2) is 11.2. The molecule has 0 spiro atoms. The van der Waals surface area contributed by atoms with E-state index in [0.29, 0.717) is 17.2 Å². The van der Waals surface area contributed by atoms with Gasteiger partial charge >= 0.3 is 18.1 Å². The summed E-state index contributed by atoms with van der Waals surface area (Å²) in [6, 6.07) is 8.23. The summed E-state index contributed by atoms with van der Waals surface area (Å²) >= 11 is 0. The van der Waals surface area contributed by atoms with Crippen molar-refractivity contribution in [2.75, 3.05) is 22.7 Å². The van der Waals surface area contributed by atoms with Gasteiger partial charge in [-0.1, -0.05) is 13.0 Å². The van der Waals surface area contributed by atoms with E-state index in [1.807, 2.05) is 19.9 Å². The van der Waals surface area contributed by atoms with E-state index in [1.165, 1.54) is 6.07 Å². The predicted octanol–water partition coefficient (Wildman–Crippen LogP) is 4.98. The van der Waals surface area contributed by atoms with Gasteiger partial charge in [-0.25, -0.2) is 18.0 Å².